The number of furan rings is 1. The first kappa shape index (κ1) is 11.8. The highest BCUT2D eigenvalue weighted by Gasteiger charge is 2.11. The molecule has 0 bridgehead atoms. The Hall–Kier alpha value is -1.31. The van der Waals surface area contributed by atoms with Crippen molar-refractivity contribution in [3.63, 3.8) is 0 Å². The van der Waals surface area contributed by atoms with E-state index >= 15 is 0 Å². The number of hydrogen-bond acceptors (Lipinski definition) is 4. The zero-order chi connectivity index (χ0) is 11.3. The molecule has 0 amide bonds. The number of aliphatic hydroxyl groups is 1. The van der Waals surface area contributed by atoms with Crippen LogP contribution >= 0.6 is 0 Å². The van der Waals surface area contributed by atoms with E-state index in [1.807, 2.05) is 19.9 Å². The van der Waals surface area contributed by atoms with E-state index in [0.717, 1.165) is 0 Å². The van der Waals surface area contributed by atoms with E-state index < -0.39 is 0 Å². The highest BCUT2D eigenvalue weighted by atomic mass is 16.3. The van der Waals surface area contributed by atoms with Gasteiger partial charge in [0, 0.05) is 6.04 Å². The fourth-order valence-electron chi connectivity index (χ4n) is 1.28. The minimum absolute atomic E-state index is 0.0561. The van der Waals surface area contributed by atoms with Crippen molar-refractivity contribution in [1.82, 2.24) is 5.32 Å². The van der Waals surface area contributed by atoms with E-state index in [9.17, 15) is 0 Å². The summed E-state index contributed by atoms with van der Waals surface area (Å²) in [4.78, 5) is 0. The lowest BCUT2D eigenvalue weighted by Gasteiger charge is -2.18. The summed E-state index contributed by atoms with van der Waals surface area (Å²) in [5.41, 5.74) is 0. The number of hydrogen-bond donors (Lipinski definition) is 2. The van der Waals surface area contributed by atoms with Crippen molar-refractivity contribution in [3.05, 3.63) is 23.7 Å². The van der Waals surface area contributed by atoms with Crippen LogP contribution in [0, 0.1) is 17.2 Å². The molecule has 82 valence electrons. The van der Waals surface area contributed by atoms with Crippen LogP contribution in [0.3, 0.4) is 0 Å². The Bertz CT molecular complexity index is 339. The zero-order valence-electron chi connectivity index (χ0n) is 9.03. The molecule has 0 saturated carbocycles. The lowest BCUT2D eigenvalue weighted by molar-refractivity contribution is 0.207. The lowest BCUT2D eigenvalue weighted by atomic mass is 10.1. The average Bonchev–Trinajstić information content (AvgIpc) is 2.66. The molecule has 4 nitrogen and oxygen atoms in total. The van der Waals surface area contributed by atoms with Crippen molar-refractivity contribution in [1.29, 1.82) is 5.26 Å². The summed E-state index contributed by atoms with van der Waals surface area (Å²) in [5.74, 6) is 1.39. The van der Waals surface area contributed by atoms with Crippen LogP contribution in [0.25, 0.3) is 0 Å². The van der Waals surface area contributed by atoms with Crippen molar-refractivity contribution < 1.29 is 9.52 Å². The number of aliphatic hydroxyl groups excluding tert-OH is 1. The number of nitrogens with one attached hydrogen (secondary N) is 1. The topological polar surface area (TPSA) is 69.2 Å². The second-order valence-electron chi connectivity index (χ2n) is 3.79. The van der Waals surface area contributed by atoms with Gasteiger partial charge in [-0.1, -0.05) is 13.8 Å². The molecular formula is C11H16N2O2. The minimum Gasteiger partial charge on any atom is -0.449 e. The van der Waals surface area contributed by atoms with Crippen molar-refractivity contribution in [2.24, 2.45) is 5.92 Å². The Kier molecular flexibility index (Phi) is 4.35. The third-order valence-corrected chi connectivity index (χ3v) is 2.31. The SMILES string of the molecule is CC(C)[C@@H](CO)NCc1ccc(C#N)o1. The van der Waals surface area contributed by atoms with Crippen LogP contribution in [-0.2, 0) is 6.54 Å². The van der Waals surface area contributed by atoms with Gasteiger partial charge in [-0.2, -0.15) is 5.26 Å². The Labute approximate surface area is 89.5 Å². The monoisotopic (exact) mass is 208 g/mol. The summed E-state index contributed by atoms with van der Waals surface area (Å²) in [6.07, 6.45) is 0. The third-order valence-electron chi connectivity index (χ3n) is 2.31. The quantitative estimate of drug-likeness (QED) is 0.764. The average molecular weight is 208 g/mol. The second kappa shape index (κ2) is 5.54. The molecule has 1 atom stereocenters. The maximum Gasteiger partial charge on any atom is 0.203 e. The molecule has 0 radical (unpaired) electrons. The summed E-state index contributed by atoms with van der Waals surface area (Å²) in [6.45, 7) is 4.71. The fraction of sp³-hybridized carbons (Fsp3) is 0.545. The van der Waals surface area contributed by atoms with Crippen molar-refractivity contribution in [3.8, 4) is 6.07 Å². The Morgan fingerprint density at radius 1 is 1.53 bits per heavy atom. The predicted molar refractivity (Wildman–Crippen MR) is 56.0 cm³/mol. The van der Waals surface area contributed by atoms with Crippen LogP contribution in [0.2, 0.25) is 0 Å². The molecule has 0 spiro atoms. The zero-order valence-corrected chi connectivity index (χ0v) is 9.03. The lowest BCUT2D eigenvalue weighted by Crippen LogP contribution is -2.36. The van der Waals surface area contributed by atoms with E-state index in [1.54, 1.807) is 12.1 Å². The van der Waals surface area contributed by atoms with Gasteiger partial charge < -0.3 is 14.8 Å². The molecular weight excluding hydrogens is 192 g/mol. The molecule has 0 saturated heterocycles. The van der Waals surface area contributed by atoms with Crippen LogP contribution < -0.4 is 5.32 Å². The van der Waals surface area contributed by atoms with Gasteiger partial charge in [-0.05, 0) is 18.1 Å². The molecule has 1 heterocycles. The molecule has 1 rings (SSSR count). The normalized spacial score (nSPS) is 12.7. The van der Waals surface area contributed by atoms with Crippen molar-refractivity contribution in [2.75, 3.05) is 6.61 Å². The predicted octanol–water partition coefficient (Wildman–Crippen LogP) is 1.26. The van der Waals surface area contributed by atoms with Gasteiger partial charge in [0.15, 0.2) is 0 Å². The van der Waals surface area contributed by atoms with Gasteiger partial charge >= 0.3 is 0 Å². The van der Waals surface area contributed by atoms with Crippen LogP contribution in [0.4, 0.5) is 0 Å². The van der Waals surface area contributed by atoms with E-state index in [1.165, 1.54) is 0 Å². The van der Waals surface area contributed by atoms with E-state index in [0.29, 0.717) is 24.0 Å². The molecule has 15 heavy (non-hydrogen) atoms. The molecule has 0 aliphatic carbocycles. The van der Waals surface area contributed by atoms with Crippen LogP contribution in [0.5, 0.6) is 0 Å². The summed E-state index contributed by atoms with van der Waals surface area (Å²) >= 11 is 0. The highest BCUT2D eigenvalue weighted by molar-refractivity contribution is 5.18. The van der Waals surface area contributed by atoms with Crippen molar-refractivity contribution >= 4 is 0 Å². The Morgan fingerprint density at radius 2 is 2.27 bits per heavy atom. The van der Waals surface area contributed by atoms with Crippen LogP contribution in [0.15, 0.2) is 16.5 Å². The first-order valence-corrected chi connectivity index (χ1v) is 5.00. The van der Waals surface area contributed by atoms with Gasteiger partial charge in [-0.15, -0.1) is 0 Å². The minimum atomic E-state index is 0.0561. The molecule has 0 aliphatic rings. The third kappa shape index (κ3) is 3.39. The summed E-state index contributed by atoms with van der Waals surface area (Å²) in [6, 6.07) is 5.39. The van der Waals surface area contributed by atoms with Gasteiger partial charge in [0.2, 0.25) is 5.76 Å². The summed E-state index contributed by atoms with van der Waals surface area (Å²) < 4.78 is 5.20. The molecule has 0 aromatic carbocycles. The van der Waals surface area contributed by atoms with Gasteiger partial charge in [0.1, 0.15) is 11.8 Å². The Balaban J connectivity index is 2.46. The molecule has 4 heteroatoms. The first-order chi connectivity index (χ1) is 7.17. The summed E-state index contributed by atoms with van der Waals surface area (Å²) in [5, 5.41) is 20.8. The molecule has 2 N–H and O–H groups in total. The van der Waals surface area contributed by atoms with Gasteiger partial charge in [0.05, 0.1) is 13.2 Å². The molecule has 0 fully saturated rings. The molecule has 0 aliphatic heterocycles. The number of rotatable bonds is 5. The highest BCUT2D eigenvalue weighted by Crippen LogP contribution is 2.07. The Morgan fingerprint density at radius 3 is 2.73 bits per heavy atom. The van der Waals surface area contributed by atoms with Crippen molar-refractivity contribution in [2.45, 2.75) is 26.4 Å². The molecule has 1 aromatic heterocycles. The van der Waals surface area contributed by atoms with E-state index in [4.69, 9.17) is 14.8 Å². The second-order valence-corrected chi connectivity index (χ2v) is 3.79. The maximum atomic E-state index is 9.08. The standard InChI is InChI=1S/C11H16N2O2/c1-8(2)11(7-14)13-6-10-4-3-9(5-12)15-10/h3-4,8,11,13-14H,6-7H2,1-2H3/t11-/m1/s1. The maximum absolute atomic E-state index is 9.08. The largest absolute Gasteiger partial charge is 0.449 e. The van der Waals surface area contributed by atoms with Gasteiger partial charge in [0.25, 0.3) is 0 Å². The number of nitriles is 1. The van der Waals surface area contributed by atoms with Gasteiger partial charge in [-0.3, -0.25) is 0 Å². The van der Waals surface area contributed by atoms with Crippen LogP contribution in [0.1, 0.15) is 25.4 Å². The van der Waals surface area contributed by atoms with Gasteiger partial charge in [-0.25, -0.2) is 0 Å². The fourth-order valence-corrected chi connectivity index (χ4v) is 1.28. The summed E-state index contributed by atoms with van der Waals surface area (Å²) in [7, 11) is 0. The molecule has 1 aromatic rings. The van der Waals surface area contributed by atoms with Crippen LogP contribution in [-0.4, -0.2) is 17.8 Å². The molecule has 0 unspecified atom stereocenters. The van der Waals surface area contributed by atoms with E-state index in [-0.39, 0.29) is 12.6 Å². The first-order valence-electron chi connectivity index (χ1n) is 5.00. The number of nitrogens with zero attached hydrogens (tertiary/aromatic N) is 1. The smallest absolute Gasteiger partial charge is 0.203 e. The van der Waals surface area contributed by atoms with E-state index in [2.05, 4.69) is 5.32 Å².